The number of phenols is 1. The Balaban J connectivity index is 1.97. The monoisotopic (exact) mass is 340 g/mol. The molecule has 0 aliphatic carbocycles. The molecule has 0 radical (unpaired) electrons. The minimum Gasteiger partial charge on any atom is -0.508 e. The molecule has 1 amide bonds. The predicted octanol–water partition coefficient (Wildman–Crippen LogP) is 2.61. The smallest absolute Gasteiger partial charge is 0.328 e. The van der Waals surface area contributed by atoms with E-state index in [0.717, 1.165) is 12.2 Å². The Labute approximate surface area is 143 Å². The van der Waals surface area contributed by atoms with Gasteiger partial charge in [-0.25, -0.2) is 9.80 Å². The third-order valence-corrected chi connectivity index (χ3v) is 3.83. The van der Waals surface area contributed by atoms with Crippen LogP contribution in [0, 0.1) is 6.92 Å². The average Bonchev–Trinajstić information content (AvgIpc) is 3.19. The number of hydrazone groups is 1. The van der Waals surface area contributed by atoms with Crippen molar-refractivity contribution in [3.8, 4) is 5.75 Å². The Kier molecular flexibility index (Phi) is 4.38. The number of nitrogens with zero attached hydrogens (tertiary/aromatic N) is 2. The first-order valence-corrected chi connectivity index (χ1v) is 7.62. The minimum absolute atomic E-state index is 0.0413. The van der Waals surface area contributed by atoms with Gasteiger partial charge in [0.15, 0.2) is 0 Å². The summed E-state index contributed by atoms with van der Waals surface area (Å²) in [4.78, 5) is 23.0. The van der Waals surface area contributed by atoms with Crippen LogP contribution in [0.5, 0.6) is 5.75 Å². The van der Waals surface area contributed by atoms with Crippen molar-refractivity contribution in [2.75, 3.05) is 0 Å². The van der Waals surface area contributed by atoms with Crippen molar-refractivity contribution in [1.82, 2.24) is 5.01 Å². The van der Waals surface area contributed by atoms with E-state index in [-0.39, 0.29) is 5.75 Å². The van der Waals surface area contributed by atoms with Crippen molar-refractivity contribution in [3.05, 3.63) is 65.6 Å². The first-order chi connectivity index (χ1) is 12.0. The fourth-order valence-electron chi connectivity index (χ4n) is 2.68. The standard InChI is InChI=1S/C18H16N2O5/c1-11-6-7-16(25-11)13-10-14(12-4-2-3-5-15(12)21)20(19-13)17(22)8-9-18(23)24/h2-9,14,21H,10H2,1H3,(H,23,24)/b9-8+/t14-/m0/s1. The molecular weight excluding hydrogens is 324 g/mol. The summed E-state index contributed by atoms with van der Waals surface area (Å²) in [5, 5.41) is 24.3. The predicted molar refractivity (Wildman–Crippen MR) is 89.1 cm³/mol. The lowest BCUT2D eigenvalue weighted by Gasteiger charge is -2.21. The summed E-state index contributed by atoms with van der Waals surface area (Å²) in [5.41, 5.74) is 1.08. The lowest BCUT2D eigenvalue weighted by Crippen LogP contribution is -2.25. The maximum Gasteiger partial charge on any atom is 0.328 e. The summed E-state index contributed by atoms with van der Waals surface area (Å²) in [6.07, 6.45) is 2.04. The highest BCUT2D eigenvalue weighted by Crippen LogP contribution is 2.37. The van der Waals surface area contributed by atoms with E-state index in [1.165, 1.54) is 11.1 Å². The lowest BCUT2D eigenvalue weighted by molar-refractivity contribution is -0.132. The maximum absolute atomic E-state index is 12.4. The zero-order valence-corrected chi connectivity index (χ0v) is 13.4. The first kappa shape index (κ1) is 16.5. The first-order valence-electron chi connectivity index (χ1n) is 7.62. The van der Waals surface area contributed by atoms with Crippen molar-refractivity contribution in [3.63, 3.8) is 0 Å². The molecule has 25 heavy (non-hydrogen) atoms. The fourth-order valence-corrected chi connectivity index (χ4v) is 2.68. The number of carboxylic acid groups (broad SMARTS) is 1. The van der Waals surface area contributed by atoms with Gasteiger partial charge in [-0.15, -0.1) is 0 Å². The number of carbonyl (C=O) groups excluding carboxylic acids is 1. The largest absolute Gasteiger partial charge is 0.508 e. The van der Waals surface area contributed by atoms with Crippen LogP contribution >= 0.6 is 0 Å². The fraction of sp³-hybridized carbons (Fsp3) is 0.167. The number of hydrogen-bond donors (Lipinski definition) is 2. The number of aromatic hydroxyl groups is 1. The number of aliphatic carboxylic acids is 1. The Morgan fingerprint density at radius 1 is 1.24 bits per heavy atom. The van der Waals surface area contributed by atoms with Gasteiger partial charge in [0.05, 0.1) is 6.04 Å². The molecule has 1 aromatic carbocycles. The zero-order valence-electron chi connectivity index (χ0n) is 13.4. The second-order valence-corrected chi connectivity index (χ2v) is 5.59. The van der Waals surface area contributed by atoms with Crippen molar-refractivity contribution in [2.24, 2.45) is 5.10 Å². The van der Waals surface area contributed by atoms with Crippen LogP contribution in [-0.4, -0.2) is 32.8 Å². The summed E-state index contributed by atoms with van der Waals surface area (Å²) in [6, 6.07) is 9.67. The molecule has 1 aliphatic rings. The van der Waals surface area contributed by atoms with Gasteiger partial charge in [-0.2, -0.15) is 5.10 Å². The van der Waals surface area contributed by atoms with Gasteiger partial charge < -0.3 is 14.6 Å². The van der Waals surface area contributed by atoms with E-state index in [1.54, 1.807) is 37.3 Å². The maximum atomic E-state index is 12.4. The molecule has 0 unspecified atom stereocenters. The molecular formula is C18H16N2O5. The number of rotatable bonds is 4. The van der Waals surface area contributed by atoms with E-state index in [0.29, 0.717) is 29.2 Å². The average molecular weight is 340 g/mol. The third-order valence-electron chi connectivity index (χ3n) is 3.83. The molecule has 2 heterocycles. The van der Waals surface area contributed by atoms with Crippen molar-refractivity contribution in [1.29, 1.82) is 0 Å². The number of phenolic OH excluding ortho intramolecular Hbond substituents is 1. The number of furan rings is 1. The Morgan fingerprint density at radius 3 is 2.64 bits per heavy atom. The van der Waals surface area contributed by atoms with Gasteiger partial charge in [-0.1, -0.05) is 18.2 Å². The molecule has 0 bridgehead atoms. The highest BCUT2D eigenvalue weighted by atomic mass is 16.4. The summed E-state index contributed by atoms with van der Waals surface area (Å²) in [5.74, 6) is -0.520. The van der Waals surface area contributed by atoms with Crippen LogP contribution in [0.4, 0.5) is 0 Å². The van der Waals surface area contributed by atoms with Crippen LogP contribution in [0.25, 0.3) is 0 Å². The second-order valence-electron chi connectivity index (χ2n) is 5.59. The van der Waals surface area contributed by atoms with Gasteiger partial charge in [0.1, 0.15) is 23.0 Å². The number of amides is 1. The molecule has 7 nitrogen and oxygen atoms in total. The summed E-state index contributed by atoms with van der Waals surface area (Å²) < 4.78 is 5.56. The van der Waals surface area contributed by atoms with Crippen molar-refractivity contribution < 1.29 is 24.2 Å². The van der Waals surface area contributed by atoms with Crippen LogP contribution < -0.4 is 0 Å². The number of carbonyl (C=O) groups is 2. The van der Waals surface area contributed by atoms with E-state index in [1.807, 2.05) is 0 Å². The van der Waals surface area contributed by atoms with Crippen LogP contribution in [-0.2, 0) is 9.59 Å². The van der Waals surface area contributed by atoms with Gasteiger partial charge in [-0.3, -0.25) is 4.79 Å². The number of carboxylic acids is 1. The molecule has 0 fully saturated rings. The number of benzene rings is 1. The van der Waals surface area contributed by atoms with E-state index in [2.05, 4.69) is 5.10 Å². The molecule has 2 N–H and O–H groups in total. The Morgan fingerprint density at radius 2 is 2.00 bits per heavy atom. The van der Waals surface area contributed by atoms with Crippen LogP contribution in [0.15, 0.2) is 58.1 Å². The van der Waals surface area contributed by atoms with Gasteiger partial charge >= 0.3 is 5.97 Å². The lowest BCUT2D eigenvalue weighted by atomic mass is 10.00. The molecule has 1 aromatic heterocycles. The molecule has 0 saturated heterocycles. The number of aryl methyl sites for hydroxylation is 1. The Bertz CT molecular complexity index is 881. The quantitative estimate of drug-likeness (QED) is 0.833. The van der Waals surface area contributed by atoms with Gasteiger partial charge in [0.2, 0.25) is 0 Å². The van der Waals surface area contributed by atoms with Crippen molar-refractivity contribution >= 4 is 17.6 Å². The summed E-state index contributed by atoms with van der Waals surface area (Å²) >= 11 is 0. The SMILES string of the molecule is Cc1ccc(C2=NN(C(=O)/C=C/C(=O)O)[C@H](c3ccccc3O)C2)o1. The number of hydrogen-bond acceptors (Lipinski definition) is 5. The van der Waals surface area contributed by atoms with Crippen LogP contribution in [0.3, 0.4) is 0 Å². The van der Waals surface area contributed by atoms with Crippen molar-refractivity contribution in [2.45, 2.75) is 19.4 Å². The molecule has 2 aromatic rings. The van der Waals surface area contributed by atoms with Crippen LogP contribution in [0.1, 0.15) is 29.5 Å². The molecule has 1 aliphatic heterocycles. The highest BCUT2D eigenvalue weighted by Gasteiger charge is 2.34. The highest BCUT2D eigenvalue weighted by molar-refractivity contribution is 6.03. The van der Waals surface area contributed by atoms with E-state index >= 15 is 0 Å². The molecule has 0 saturated carbocycles. The van der Waals surface area contributed by atoms with Gasteiger partial charge in [0, 0.05) is 24.1 Å². The molecule has 128 valence electrons. The molecule has 0 spiro atoms. The van der Waals surface area contributed by atoms with Gasteiger partial charge in [-0.05, 0) is 25.1 Å². The van der Waals surface area contributed by atoms with E-state index < -0.39 is 17.9 Å². The Hall–Kier alpha value is -3.35. The second kappa shape index (κ2) is 6.64. The zero-order chi connectivity index (χ0) is 18.0. The molecule has 1 atom stereocenters. The topological polar surface area (TPSA) is 103 Å². The number of para-hydroxylation sites is 1. The third kappa shape index (κ3) is 3.45. The van der Waals surface area contributed by atoms with E-state index in [9.17, 15) is 14.7 Å². The molecule has 7 heteroatoms. The van der Waals surface area contributed by atoms with Crippen LogP contribution in [0.2, 0.25) is 0 Å². The van der Waals surface area contributed by atoms with Gasteiger partial charge in [0.25, 0.3) is 5.91 Å². The summed E-state index contributed by atoms with van der Waals surface area (Å²) in [7, 11) is 0. The molecule has 3 rings (SSSR count). The normalized spacial score (nSPS) is 17.1. The van der Waals surface area contributed by atoms with E-state index in [4.69, 9.17) is 9.52 Å². The minimum atomic E-state index is -1.22. The summed E-state index contributed by atoms with van der Waals surface area (Å²) in [6.45, 7) is 1.80.